The Hall–Kier alpha value is -2.43. The summed E-state index contributed by atoms with van der Waals surface area (Å²) < 4.78 is 4.68. The maximum Gasteiger partial charge on any atom is 0.358 e. The smallest absolute Gasteiger partial charge is 0.358 e. The standard InChI is InChI=1S/C19H23N3O2/c1-24-19(23)17-12-13-18(21-20-17)22-14-6-5-9-16(22)11-10-15-7-3-2-4-8-15/h2-4,7-8,12-13,16H,5-6,9-11,14H2,1H3. The second-order valence-electron chi connectivity index (χ2n) is 6.14. The van der Waals surface area contributed by atoms with Crippen molar-refractivity contribution in [1.29, 1.82) is 0 Å². The second kappa shape index (κ2) is 7.90. The van der Waals surface area contributed by atoms with E-state index < -0.39 is 5.97 Å². The van der Waals surface area contributed by atoms with Crippen molar-refractivity contribution in [2.45, 2.75) is 38.1 Å². The highest BCUT2D eigenvalue weighted by molar-refractivity contribution is 5.86. The predicted molar refractivity (Wildman–Crippen MR) is 93.1 cm³/mol. The van der Waals surface area contributed by atoms with Crippen LogP contribution in [0.2, 0.25) is 0 Å². The van der Waals surface area contributed by atoms with Crippen molar-refractivity contribution >= 4 is 11.8 Å². The third-order valence-corrected chi connectivity index (χ3v) is 4.58. The van der Waals surface area contributed by atoms with Gasteiger partial charge in [0.05, 0.1) is 7.11 Å². The van der Waals surface area contributed by atoms with Crippen LogP contribution in [-0.4, -0.2) is 35.9 Å². The van der Waals surface area contributed by atoms with Crippen LogP contribution in [0.4, 0.5) is 5.82 Å². The van der Waals surface area contributed by atoms with E-state index in [2.05, 4.69) is 50.2 Å². The predicted octanol–water partition coefficient (Wildman–Crippen LogP) is 3.25. The molecule has 5 heteroatoms. The van der Waals surface area contributed by atoms with E-state index in [0.717, 1.165) is 25.2 Å². The summed E-state index contributed by atoms with van der Waals surface area (Å²) in [5.41, 5.74) is 1.62. The van der Waals surface area contributed by atoms with Crippen LogP contribution in [0.15, 0.2) is 42.5 Å². The summed E-state index contributed by atoms with van der Waals surface area (Å²) in [6.45, 7) is 0.992. The maximum absolute atomic E-state index is 11.5. The van der Waals surface area contributed by atoms with Crippen LogP contribution in [0.1, 0.15) is 41.7 Å². The van der Waals surface area contributed by atoms with E-state index in [1.54, 1.807) is 6.07 Å². The lowest BCUT2D eigenvalue weighted by molar-refractivity contribution is 0.0592. The fourth-order valence-electron chi connectivity index (χ4n) is 3.27. The summed E-state index contributed by atoms with van der Waals surface area (Å²) in [6.07, 6.45) is 5.76. The monoisotopic (exact) mass is 325 g/mol. The Balaban J connectivity index is 1.68. The molecule has 0 bridgehead atoms. The van der Waals surface area contributed by atoms with E-state index in [9.17, 15) is 4.79 Å². The van der Waals surface area contributed by atoms with Gasteiger partial charge in [-0.2, -0.15) is 0 Å². The molecule has 1 unspecified atom stereocenters. The van der Waals surface area contributed by atoms with Crippen molar-refractivity contribution in [2.24, 2.45) is 0 Å². The Bertz CT molecular complexity index is 658. The van der Waals surface area contributed by atoms with Gasteiger partial charge in [-0.15, -0.1) is 10.2 Å². The average molecular weight is 325 g/mol. The Kier molecular flexibility index (Phi) is 5.41. The summed E-state index contributed by atoms with van der Waals surface area (Å²) in [7, 11) is 1.35. The zero-order valence-electron chi connectivity index (χ0n) is 14.0. The van der Waals surface area contributed by atoms with Crippen LogP contribution in [-0.2, 0) is 11.2 Å². The number of carbonyl (C=O) groups excluding carboxylic acids is 1. The number of carbonyl (C=O) groups is 1. The molecule has 0 N–H and O–H groups in total. The first-order valence-corrected chi connectivity index (χ1v) is 8.50. The molecule has 2 aromatic rings. The van der Waals surface area contributed by atoms with Crippen LogP contribution in [0.25, 0.3) is 0 Å². The lowest BCUT2D eigenvalue weighted by Gasteiger charge is -2.36. The van der Waals surface area contributed by atoms with Gasteiger partial charge in [-0.05, 0) is 49.8 Å². The molecule has 1 saturated heterocycles. The molecule has 0 radical (unpaired) electrons. The molecule has 1 aliphatic rings. The normalized spacial score (nSPS) is 17.5. The number of esters is 1. The third-order valence-electron chi connectivity index (χ3n) is 4.58. The number of aryl methyl sites for hydroxylation is 1. The molecule has 24 heavy (non-hydrogen) atoms. The molecule has 5 nitrogen and oxygen atoms in total. The van der Waals surface area contributed by atoms with Crippen molar-refractivity contribution in [3.63, 3.8) is 0 Å². The van der Waals surface area contributed by atoms with Gasteiger partial charge in [0.25, 0.3) is 0 Å². The Morgan fingerprint density at radius 2 is 2.00 bits per heavy atom. The third kappa shape index (κ3) is 3.91. The van der Waals surface area contributed by atoms with Crippen LogP contribution >= 0.6 is 0 Å². The molecular weight excluding hydrogens is 302 g/mol. The van der Waals surface area contributed by atoms with E-state index >= 15 is 0 Å². The number of hydrogen-bond acceptors (Lipinski definition) is 5. The number of rotatable bonds is 5. The molecule has 3 rings (SSSR count). The first-order chi connectivity index (χ1) is 11.8. The summed E-state index contributed by atoms with van der Waals surface area (Å²) in [6, 6.07) is 14.6. The lowest BCUT2D eigenvalue weighted by atomic mass is 9.96. The van der Waals surface area contributed by atoms with Gasteiger partial charge >= 0.3 is 5.97 Å². The highest BCUT2D eigenvalue weighted by Crippen LogP contribution is 2.25. The molecule has 0 aliphatic carbocycles. The Morgan fingerprint density at radius 3 is 2.71 bits per heavy atom. The number of aromatic nitrogens is 2. The minimum absolute atomic E-state index is 0.249. The minimum Gasteiger partial charge on any atom is -0.464 e. The van der Waals surface area contributed by atoms with Gasteiger partial charge < -0.3 is 9.64 Å². The second-order valence-corrected chi connectivity index (χ2v) is 6.14. The zero-order chi connectivity index (χ0) is 16.8. The number of anilines is 1. The average Bonchev–Trinajstić information content (AvgIpc) is 2.67. The van der Waals surface area contributed by atoms with E-state index in [1.807, 2.05) is 6.07 Å². The number of ether oxygens (including phenoxy) is 1. The van der Waals surface area contributed by atoms with Gasteiger partial charge in [0.2, 0.25) is 0 Å². The highest BCUT2D eigenvalue weighted by atomic mass is 16.5. The molecule has 1 atom stereocenters. The number of hydrogen-bond donors (Lipinski definition) is 0. The highest BCUT2D eigenvalue weighted by Gasteiger charge is 2.24. The van der Waals surface area contributed by atoms with Crippen LogP contribution < -0.4 is 4.90 Å². The van der Waals surface area contributed by atoms with Gasteiger partial charge in [0, 0.05) is 12.6 Å². The molecule has 2 heterocycles. The molecule has 0 saturated carbocycles. The topological polar surface area (TPSA) is 55.3 Å². The summed E-state index contributed by atoms with van der Waals surface area (Å²) in [5.74, 6) is 0.397. The minimum atomic E-state index is -0.451. The van der Waals surface area contributed by atoms with Crippen LogP contribution in [0.3, 0.4) is 0 Å². The van der Waals surface area contributed by atoms with E-state index in [1.165, 1.54) is 31.9 Å². The summed E-state index contributed by atoms with van der Waals surface area (Å²) in [5, 5.41) is 8.26. The molecule has 1 fully saturated rings. The zero-order valence-corrected chi connectivity index (χ0v) is 14.0. The van der Waals surface area contributed by atoms with E-state index in [4.69, 9.17) is 0 Å². The fourth-order valence-corrected chi connectivity index (χ4v) is 3.27. The first-order valence-electron chi connectivity index (χ1n) is 8.50. The molecule has 126 valence electrons. The first kappa shape index (κ1) is 16.4. The van der Waals surface area contributed by atoms with Crippen LogP contribution in [0.5, 0.6) is 0 Å². The maximum atomic E-state index is 11.5. The number of piperidine rings is 1. The van der Waals surface area contributed by atoms with Gasteiger partial charge in [-0.3, -0.25) is 0 Å². The van der Waals surface area contributed by atoms with Gasteiger partial charge in [0.15, 0.2) is 11.5 Å². The van der Waals surface area contributed by atoms with Crippen LogP contribution in [0, 0.1) is 0 Å². The quantitative estimate of drug-likeness (QED) is 0.790. The van der Waals surface area contributed by atoms with Crippen molar-refractivity contribution in [2.75, 3.05) is 18.6 Å². The van der Waals surface area contributed by atoms with Crippen molar-refractivity contribution in [3.8, 4) is 0 Å². The fraction of sp³-hybridized carbons (Fsp3) is 0.421. The molecular formula is C19H23N3O2. The molecule has 0 spiro atoms. The Labute approximate surface area is 142 Å². The lowest BCUT2D eigenvalue weighted by Crippen LogP contribution is -2.40. The number of methoxy groups -OCH3 is 1. The Morgan fingerprint density at radius 1 is 1.17 bits per heavy atom. The van der Waals surface area contributed by atoms with Crippen molar-refractivity contribution < 1.29 is 9.53 Å². The summed E-state index contributed by atoms with van der Waals surface area (Å²) >= 11 is 0. The molecule has 0 amide bonds. The van der Waals surface area contributed by atoms with Crippen molar-refractivity contribution in [1.82, 2.24) is 10.2 Å². The molecule has 1 aromatic carbocycles. The van der Waals surface area contributed by atoms with E-state index in [-0.39, 0.29) is 5.69 Å². The molecule has 1 aliphatic heterocycles. The summed E-state index contributed by atoms with van der Waals surface area (Å²) in [4.78, 5) is 13.8. The van der Waals surface area contributed by atoms with Gasteiger partial charge in [0.1, 0.15) is 0 Å². The number of benzene rings is 1. The molecule has 1 aromatic heterocycles. The van der Waals surface area contributed by atoms with E-state index in [0.29, 0.717) is 6.04 Å². The number of nitrogens with zero attached hydrogens (tertiary/aromatic N) is 3. The largest absolute Gasteiger partial charge is 0.464 e. The van der Waals surface area contributed by atoms with Crippen molar-refractivity contribution in [3.05, 3.63) is 53.7 Å². The van der Waals surface area contributed by atoms with Gasteiger partial charge in [-0.1, -0.05) is 30.3 Å². The SMILES string of the molecule is COC(=O)c1ccc(N2CCCCC2CCc2ccccc2)nn1. The van der Waals surface area contributed by atoms with Gasteiger partial charge in [-0.25, -0.2) is 4.79 Å².